The molecule has 2 fully saturated rings. The van der Waals surface area contributed by atoms with Crippen molar-refractivity contribution in [2.24, 2.45) is 0 Å². The Morgan fingerprint density at radius 2 is 1.96 bits per heavy atom. The average molecular weight is 390 g/mol. The Balaban J connectivity index is 1.35. The van der Waals surface area contributed by atoms with E-state index in [9.17, 15) is 4.79 Å². The third-order valence-corrected chi connectivity index (χ3v) is 6.13. The Morgan fingerprint density at radius 3 is 2.61 bits per heavy atom. The lowest BCUT2D eigenvalue weighted by Crippen LogP contribution is -2.49. The van der Waals surface area contributed by atoms with Gasteiger partial charge < -0.3 is 25.0 Å². The molecule has 1 saturated heterocycles. The SMILES string of the molecule is CNC(COCCNC1(C)CC1c1ccc(OC)cc1)C(=O)N1CCCCC1. The summed E-state index contributed by atoms with van der Waals surface area (Å²) in [7, 11) is 3.52. The normalized spacial score (nSPS) is 25.4. The quantitative estimate of drug-likeness (QED) is 0.601. The van der Waals surface area contributed by atoms with E-state index in [4.69, 9.17) is 9.47 Å². The Labute approximate surface area is 169 Å². The van der Waals surface area contributed by atoms with E-state index in [1.807, 2.05) is 24.1 Å². The lowest BCUT2D eigenvalue weighted by Gasteiger charge is -2.30. The van der Waals surface area contributed by atoms with Crippen LogP contribution in [0.5, 0.6) is 5.75 Å². The zero-order valence-corrected chi connectivity index (χ0v) is 17.5. The molecule has 6 heteroatoms. The number of carbonyl (C=O) groups excluding carboxylic acids is 1. The summed E-state index contributed by atoms with van der Waals surface area (Å²) in [5.74, 6) is 1.60. The van der Waals surface area contributed by atoms with Crippen molar-refractivity contribution in [2.75, 3.05) is 47.0 Å². The van der Waals surface area contributed by atoms with Gasteiger partial charge >= 0.3 is 0 Å². The standard InChI is InChI=1S/C22H35N3O3/c1-22(15-19(22)17-7-9-18(27-3)10-8-17)24-11-14-28-16-20(23-2)21(26)25-12-5-4-6-13-25/h7-10,19-20,23-24H,4-6,11-16H2,1-3H3. The van der Waals surface area contributed by atoms with Crippen LogP contribution >= 0.6 is 0 Å². The lowest BCUT2D eigenvalue weighted by molar-refractivity contribution is -0.135. The number of likely N-dealkylation sites (N-methyl/N-ethyl adjacent to an activating group) is 1. The van der Waals surface area contributed by atoms with Gasteiger partial charge in [-0.2, -0.15) is 0 Å². The van der Waals surface area contributed by atoms with Crippen molar-refractivity contribution < 1.29 is 14.3 Å². The Morgan fingerprint density at radius 1 is 1.25 bits per heavy atom. The Bertz CT molecular complexity index is 630. The highest BCUT2D eigenvalue weighted by Gasteiger charge is 2.50. The first kappa shape index (κ1) is 21.1. The van der Waals surface area contributed by atoms with Crippen LogP contribution in [-0.2, 0) is 9.53 Å². The molecule has 1 heterocycles. The molecule has 0 spiro atoms. The number of ether oxygens (including phenoxy) is 2. The molecule has 0 bridgehead atoms. The molecular formula is C22H35N3O3. The van der Waals surface area contributed by atoms with Crippen LogP contribution in [0.15, 0.2) is 24.3 Å². The van der Waals surface area contributed by atoms with Crippen molar-refractivity contribution in [1.29, 1.82) is 0 Å². The summed E-state index contributed by atoms with van der Waals surface area (Å²) in [5, 5.41) is 6.73. The molecule has 1 aromatic carbocycles. The molecule has 1 aliphatic carbocycles. The van der Waals surface area contributed by atoms with Gasteiger partial charge in [0.2, 0.25) is 5.91 Å². The highest BCUT2D eigenvalue weighted by Crippen LogP contribution is 2.51. The number of hydrogen-bond donors (Lipinski definition) is 2. The number of rotatable bonds is 10. The van der Waals surface area contributed by atoms with E-state index < -0.39 is 0 Å². The van der Waals surface area contributed by atoms with Gasteiger partial charge in [0.15, 0.2) is 0 Å². The fraction of sp³-hybridized carbons (Fsp3) is 0.682. The number of nitrogens with one attached hydrogen (secondary N) is 2. The minimum Gasteiger partial charge on any atom is -0.497 e. The zero-order valence-electron chi connectivity index (χ0n) is 17.5. The van der Waals surface area contributed by atoms with E-state index in [2.05, 4.69) is 29.7 Å². The summed E-state index contributed by atoms with van der Waals surface area (Å²) in [4.78, 5) is 14.5. The largest absolute Gasteiger partial charge is 0.497 e. The van der Waals surface area contributed by atoms with Crippen molar-refractivity contribution in [3.8, 4) is 5.75 Å². The lowest BCUT2D eigenvalue weighted by atomic mass is 10.1. The van der Waals surface area contributed by atoms with Gasteiger partial charge in [-0.3, -0.25) is 4.79 Å². The van der Waals surface area contributed by atoms with E-state index in [0.29, 0.717) is 19.1 Å². The number of methoxy groups -OCH3 is 1. The minimum absolute atomic E-state index is 0.129. The number of likely N-dealkylation sites (tertiary alicyclic amines) is 1. The molecule has 2 N–H and O–H groups in total. The molecule has 1 saturated carbocycles. The van der Waals surface area contributed by atoms with Crippen molar-refractivity contribution in [1.82, 2.24) is 15.5 Å². The molecule has 3 atom stereocenters. The fourth-order valence-electron chi connectivity index (χ4n) is 4.11. The molecule has 1 aliphatic heterocycles. The maximum atomic E-state index is 12.6. The third kappa shape index (κ3) is 5.25. The molecule has 3 unspecified atom stereocenters. The number of hydrogen-bond acceptors (Lipinski definition) is 5. The van der Waals surface area contributed by atoms with Gasteiger partial charge in [0, 0.05) is 31.1 Å². The van der Waals surface area contributed by atoms with E-state index >= 15 is 0 Å². The maximum absolute atomic E-state index is 12.6. The Kier molecular flexibility index (Phi) is 7.32. The number of carbonyl (C=O) groups is 1. The molecule has 0 aromatic heterocycles. The van der Waals surface area contributed by atoms with Crippen molar-refractivity contribution in [3.63, 3.8) is 0 Å². The first-order chi connectivity index (χ1) is 13.6. The number of nitrogens with zero attached hydrogens (tertiary/aromatic N) is 1. The zero-order chi connectivity index (χ0) is 20.0. The van der Waals surface area contributed by atoms with Crippen molar-refractivity contribution in [2.45, 2.75) is 50.1 Å². The number of benzene rings is 1. The molecule has 3 rings (SSSR count). The van der Waals surface area contributed by atoms with Crippen LogP contribution in [0.2, 0.25) is 0 Å². The van der Waals surface area contributed by atoms with Gasteiger partial charge in [0.05, 0.1) is 20.3 Å². The summed E-state index contributed by atoms with van der Waals surface area (Å²) in [5.41, 5.74) is 1.48. The van der Waals surface area contributed by atoms with Crippen LogP contribution in [-0.4, -0.2) is 69.4 Å². The predicted octanol–water partition coefficient (Wildman–Crippen LogP) is 2.15. The van der Waals surface area contributed by atoms with Gasteiger partial charge in [0.1, 0.15) is 11.8 Å². The molecule has 1 aromatic rings. The van der Waals surface area contributed by atoms with Gasteiger partial charge in [-0.25, -0.2) is 0 Å². The maximum Gasteiger partial charge on any atom is 0.242 e. The highest BCUT2D eigenvalue weighted by atomic mass is 16.5. The van der Waals surface area contributed by atoms with Crippen LogP contribution in [0.4, 0.5) is 0 Å². The molecular weight excluding hydrogens is 354 g/mol. The molecule has 1 amide bonds. The van der Waals surface area contributed by atoms with Crippen LogP contribution in [0.1, 0.15) is 44.1 Å². The molecule has 6 nitrogen and oxygen atoms in total. The van der Waals surface area contributed by atoms with Crippen LogP contribution < -0.4 is 15.4 Å². The third-order valence-electron chi connectivity index (χ3n) is 6.13. The monoisotopic (exact) mass is 389 g/mol. The number of piperidine rings is 1. The summed E-state index contributed by atoms with van der Waals surface area (Å²) in [6.45, 7) is 5.84. The van der Waals surface area contributed by atoms with Gasteiger partial charge in [-0.05, 0) is 57.4 Å². The fourth-order valence-corrected chi connectivity index (χ4v) is 4.11. The summed E-state index contributed by atoms with van der Waals surface area (Å²) in [6.07, 6.45) is 4.58. The van der Waals surface area contributed by atoms with E-state index in [0.717, 1.165) is 44.6 Å². The average Bonchev–Trinajstić information content (AvgIpc) is 3.42. The Hall–Kier alpha value is -1.63. The summed E-state index contributed by atoms with van der Waals surface area (Å²) < 4.78 is 11.0. The first-order valence-corrected chi connectivity index (χ1v) is 10.5. The minimum atomic E-state index is -0.248. The van der Waals surface area contributed by atoms with Crippen molar-refractivity contribution in [3.05, 3.63) is 29.8 Å². The van der Waals surface area contributed by atoms with Crippen LogP contribution in [0.25, 0.3) is 0 Å². The molecule has 156 valence electrons. The summed E-state index contributed by atoms with van der Waals surface area (Å²) in [6, 6.07) is 8.09. The topological polar surface area (TPSA) is 62.8 Å². The van der Waals surface area contributed by atoms with Crippen molar-refractivity contribution >= 4 is 5.91 Å². The second-order valence-corrected chi connectivity index (χ2v) is 8.18. The van der Waals surface area contributed by atoms with Gasteiger partial charge in [0.25, 0.3) is 0 Å². The van der Waals surface area contributed by atoms with Gasteiger partial charge in [-0.15, -0.1) is 0 Å². The molecule has 2 aliphatic rings. The second-order valence-electron chi connectivity index (χ2n) is 8.18. The van der Waals surface area contributed by atoms with Gasteiger partial charge in [-0.1, -0.05) is 12.1 Å². The second kappa shape index (κ2) is 9.72. The van der Waals surface area contributed by atoms with E-state index in [-0.39, 0.29) is 17.5 Å². The van der Waals surface area contributed by atoms with Crippen LogP contribution in [0.3, 0.4) is 0 Å². The smallest absolute Gasteiger partial charge is 0.242 e. The summed E-state index contributed by atoms with van der Waals surface area (Å²) >= 11 is 0. The predicted molar refractivity (Wildman–Crippen MR) is 111 cm³/mol. The van der Waals surface area contributed by atoms with E-state index in [1.54, 1.807) is 7.11 Å². The number of amides is 1. The molecule has 28 heavy (non-hydrogen) atoms. The molecule has 0 radical (unpaired) electrons. The highest BCUT2D eigenvalue weighted by molar-refractivity contribution is 5.82. The van der Waals surface area contributed by atoms with E-state index in [1.165, 1.54) is 12.0 Å². The first-order valence-electron chi connectivity index (χ1n) is 10.5. The van der Waals surface area contributed by atoms with Crippen LogP contribution in [0, 0.1) is 0 Å².